The van der Waals surface area contributed by atoms with Crippen LogP contribution in [0.5, 0.6) is 0 Å². The van der Waals surface area contributed by atoms with Gasteiger partial charge < -0.3 is 10.1 Å². The maximum Gasteiger partial charge on any atom is 0.313 e. The number of rotatable bonds is 3. The van der Waals surface area contributed by atoms with Crippen LogP contribution in [0.1, 0.15) is 33.6 Å². The van der Waals surface area contributed by atoms with E-state index in [9.17, 15) is 9.59 Å². The molecule has 2 fully saturated rings. The quantitative estimate of drug-likeness (QED) is 0.596. The Labute approximate surface area is 101 Å². The van der Waals surface area contributed by atoms with Crippen LogP contribution in [0.2, 0.25) is 0 Å². The van der Waals surface area contributed by atoms with Gasteiger partial charge in [-0.1, -0.05) is 6.58 Å². The van der Waals surface area contributed by atoms with E-state index >= 15 is 0 Å². The van der Waals surface area contributed by atoms with Crippen LogP contribution in [0.4, 0.5) is 0 Å². The Kier molecular flexibility index (Phi) is 2.56. The Morgan fingerprint density at radius 2 is 2.06 bits per heavy atom. The van der Waals surface area contributed by atoms with E-state index in [-0.39, 0.29) is 29.3 Å². The normalized spacial score (nSPS) is 34.1. The molecule has 0 heterocycles. The number of nitrogens with one attached hydrogen (secondary N) is 1. The molecule has 0 unspecified atom stereocenters. The van der Waals surface area contributed by atoms with Gasteiger partial charge in [0.25, 0.3) is 0 Å². The average molecular weight is 237 g/mol. The van der Waals surface area contributed by atoms with Gasteiger partial charge in [0.05, 0.1) is 5.41 Å². The van der Waals surface area contributed by atoms with Crippen LogP contribution in [-0.2, 0) is 14.3 Å². The fraction of sp³-hybridized carbons (Fsp3) is 0.692. The number of amides is 1. The van der Waals surface area contributed by atoms with Crippen molar-refractivity contribution in [1.29, 1.82) is 0 Å². The molecule has 94 valence electrons. The van der Waals surface area contributed by atoms with Gasteiger partial charge in [-0.05, 0) is 45.6 Å². The zero-order chi connectivity index (χ0) is 12.8. The minimum atomic E-state index is -0.436. The van der Waals surface area contributed by atoms with E-state index < -0.39 is 5.60 Å². The minimum absolute atomic E-state index is 0.112. The van der Waals surface area contributed by atoms with E-state index in [1.165, 1.54) is 6.08 Å². The summed E-state index contributed by atoms with van der Waals surface area (Å²) in [5.74, 6) is -0.0139. The predicted octanol–water partition coefficient (Wildman–Crippen LogP) is 1.41. The Balaban J connectivity index is 1.87. The highest BCUT2D eigenvalue weighted by Gasteiger charge is 2.73. The Morgan fingerprint density at radius 3 is 2.53 bits per heavy atom. The van der Waals surface area contributed by atoms with Crippen LogP contribution in [0, 0.1) is 11.3 Å². The average Bonchev–Trinajstić information content (AvgIpc) is 2.79. The van der Waals surface area contributed by atoms with Crippen molar-refractivity contribution in [2.75, 3.05) is 0 Å². The van der Waals surface area contributed by atoms with E-state index in [0.29, 0.717) is 6.42 Å². The summed E-state index contributed by atoms with van der Waals surface area (Å²) in [7, 11) is 0. The molecule has 0 bridgehead atoms. The first-order chi connectivity index (χ1) is 7.78. The molecular formula is C13H19NO3. The summed E-state index contributed by atoms with van der Waals surface area (Å²) in [4.78, 5) is 23.1. The van der Waals surface area contributed by atoms with Gasteiger partial charge in [-0.2, -0.15) is 0 Å². The van der Waals surface area contributed by atoms with Gasteiger partial charge in [0, 0.05) is 6.04 Å². The molecule has 2 saturated carbocycles. The smallest absolute Gasteiger partial charge is 0.313 e. The highest BCUT2D eigenvalue weighted by molar-refractivity contribution is 5.89. The van der Waals surface area contributed by atoms with Crippen molar-refractivity contribution in [3.63, 3.8) is 0 Å². The van der Waals surface area contributed by atoms with Crippen molar-refractivity contribution in [1.82, 2.24) is 5.32 Å². The zero-order valence-corrected chi connectivity index (χ0v) is 10.6. The summed E-state index contributed by atoms with van der Waals surface area (Å²) in [5.41, 5.74) is -0.735. The van der Waals surface area contributed by atoms with Crippen LogP contribution in [-0.4, -0.2) is 23.5 Å². The van der Waals surface area contributed by atoms with Crippen LogP contribution in [0.15, 0.2) is 12.7 Å². The lowest BCUT2D eigenvalue weighted by molar-refractivity contribution is -0.166. The van der Waals surface area contributed by atoms with Crippen molar-refractivity contribution in [3.05, 3.63) is 12.7 Å². The first-order valence-corrected chi connectivity index (χ1v) is 5.95. The first-order valence-electron chi connectivity index (χ1n) is 5.95. The molecule has 1 amide bonds. The van der Waals surface area contributed by atoms with Crippen LogP contribution in [0.3, 0.4) is 0 Å². The lowest BCUT2D eigenvalue weighted by Gasteiger charge is -2.35. The second-order valence-electron chi connectivity index (χ2n) is 5.99. The number of carbonyl (C=O) groups is 2. The molecule has 0 spiro atoms. The van der Waals surface area contributed by atoms with Gasteiger partial charge in [0.15, 0.2) is 0 Å². The lowest BCUT2D eigenvalue weighted by atomic mass is 9.79. The molecule has 0 aromatic carbocycles. The van der Waals surface area contributed by atoms with E-state index in [4.69, 9.17) is 4.74 Å². The number of hydrogen-bond acceptors (Lipinski definition) is 3. The molecule has 0 aliphatic heterocycles. The number of ether oxygens (including phenoxy) is 1. The summed E-state index contributed by atoms with van der Waals surface area (Å²) >= 11 is 0. The molecule has 1 N–H and O–H groups in total. The minimum Gasteiger partial charge on any atom is -0.460 e. The molecule has 2 rings (SSSR count). The number of fused-ring (bicyclic) bond motifs is 1. The van der Waals surface area contributed by atoms with Crippen molar-refractivity contribution in [2.24, 2.45) is 11.3 Å². The second-order valence-corrected chi connectivity index (χ2v) is 5.99. The maximum absolute atomic E-state index is 12.0. The van der Waals surface area contributed by atoms with Gasteiger partial charge in [0.1, 0.15) is 5.60 Å². The molecule has 0 saturated heterocycles. The first kappa shape index (κ1) is 12.1. The van der Waals surface area contributed by atoms with Crippen molar-refractivity contribution >= 4 is 11.9 Å². The molecule has 17 heavy (non-hydrogen) atoms. The molecular weight excluding hydrogens is 218 g/mol. The summed E-state index contributed by atoms with van der Waals surface area (Å²) in [6, 6.07) is 0.119. The van der Waals surface area contributed by atoms with Crippen LogP contribution < -0.4 is 5.32 Å². The third-order valence-corrected chi connectivity index (χ3v) is 3.52. The predicted molar refractivity (Wildman–Crippen MR) is 63.1 cm³/mol. The van der Waals surface area contributed by atoms with Gasteiger partial charge in [-0.3, -0.25) is 9.59 Å². The number of esters is 1. The van der Waals surface area contributed by atoms with E-state index in [2.05, 4.69) is 11.9 Å². The van der Waals surface area contributed by atoms with Gasteiger partial charge in [0.2, 0.25) is 5.91 Å². The molecule has 0 aromatic rings. The molecule has 4 heteroatoms. The fourth-order valence-corrected chi connectivity index (χ4v) is 2.56. The summed E-state index contributed by atoms with van der Waals surface area (Å²) in [5, 5.41) is 2.84. The number of carbonyl (C=O) groups excluding carboxylic acids is 2. The van der Waals surface area contributed by atoms with Crippen molar-refractivity contribution in [3.8, 4) is 0 Å². The Hall–Kier alpha value is -1.32. The van der Waals surface area contributed by atoms with Crippen LogP contribution >= 0.6 is 0 Å². The van der Waals surface area contributed by atoms with E-state index in [1.807, 2.05) is 20.8 Å². The fourth-order valence-electron chi connectivity index (χ4n) is 2.56. The number of hydrogen-bond donors (Lipinski definition) is 1. The third-order valence-electron chi connectivity index (χ3n) is 3.52. The van der Waals surface area contributed by atoms with E-state index in [0.717, 1.165) is 6.42 Å². The largest absolute Gasteiger partial charge is 0.460 e. The summed E-state index contributed by atoms with van der Waals surface area (Å²) in [6.45, 7) is 9.02. The monoisotopic (exact) mass is 237 g/mol. The van der Waals surface area contributed by atoms with Crippen molar-refractivity contribution < 1.29 is 14.3 Å². The summed E-state index contributed by atoms with van der Waals surface area (Å²) in [6.07, 6.45) is 2.80. The molecule has 2 aliphatic carbocycles. The third kappa shape index (κ3) is 2.08. The van der Waals surface area contributed by atoms with Crippen LogP contribution in [0.25, 0.3) is 0 Å². The molecule has 0 radical (unpaired) electrons. The second kappa shape index (κ2) is 3.59. The molecule has 3 atom stereocenters. The highest BCUT2D eigenvalue weighted by atomic mass is 16.6. The summed E-state index contributed by atoms with van der Waals surface area (Å²) < 4.78 is 5.39. The Morgan fingerprint density at radius 1 is 1.41 bits per heavy atom. The molecule has 0 aromatic heterocycles. The zero-order valence-electron chi connectivity index (χ0n) is 10.6. The van der Waals surface area contributed by atoms with Gasteiger partial charge in [-0.15, -0.1) is 0 Å². The Bertz CT molecular complexity index is 383. The lowest BCUT2D eigenvalue weighted by Crippen LogP contribution is -2.49. The highest BCUT2D eigenvalue weighted by Crippen LogP contribution is 2.68. The van der Waals surface area contributed by atoms with E-state index in [1.54, 1.807) is 0 Å². The topological polar surface area (TPSA) is 55.4 Å². The maximum atomic E-state index is 12.0. The SMILES string of the molecule is C=CC(=O)N[C@@H]1C[C@@]2(C(=O)OC(C)(C)C)C[C@@H]12. The van der Waals surface area contributed by atoms with Gasteiger partial charge >= 0.3 is 5.97 Å². The standard InChI is InChI=1S/C13H19NO3/c1-5-10(15)14-9-7-13(6-8(9)13)11(16)17-12(2,3)4/h5,8-9H,1,6-7H2,2-4H3,(H,14,15)/t8-,9+,13-/m0/s1. The molecule has 4 nitrogen and oxygen atoms in total. The van der Waals surface area contributed by atoms with Gasteiger partial charge in [-0.25, -0.2) is 0 Å². The van der Waals surface area contributed by atoms with Crippen molar-refractivity contribution in [2.45, 2.75) is 45.3 Å². The molecule has 2 aliphatic rings.